The molecule has 0 heterocycles. The molecule has 0 atom stereocenters. The average molecular weight is 302 g/mol. The van der Waals surface area contributed by atoms with Gasteiger partial charge >= 0.3 is 0 Å². The predicted octanol–water partition coefficient (Wildman–Crippen LogP) is 2.49. The van der Waals surface area contributed by atoms with Crippen LogP contribution in [-0.2, 0) is 10.0 Å². The van der Waals surface area contributed by atoms with Crippen molar-refractivity contribution in [1.29, 1.82) is 0 Å². The van der Waals surface area contributed by atoms with Crippen molar-refractivity contribution >= 4 is 21.4 Å². The molecule has 2 aromatic carbocycles. The molecule has 0 aliphatic carbocycles. The van der Waals surface area contributed by atoms with Crippen LogP contribution in [0.1, 0.15) is 0 Å². The van der Waals surface area contributed by atoms with Crippen molar-refractivity contribution < 1.29 is 21.6 Å². The lowest BCUT2D eigenvalue weighted by molar-refractivity contribution is 0.509. The highest BCUT2D eigenvalue weighted by Crippen LogP contribution is 2.23. The first-order valence-electron chi connectivity index (χ1n) is 5.32. The maximum absolute atomic E-state index is 13.0. The number of benzene rings is 2. The summed E-state index contributed by atoms with van der Waals surface area (Å²) in [6.07, 6.45) is 0. The van der Waals surface area contributed by atoms with E-state index in [0.717, 1.165) is 30.3 Å². The van der Waals surface area contributed by atoms with Crippen molar-refractivity contribution in [3.8, 4) is 0 Å². The first-order valence-corrected chi connectivity index (χ1v) is 6.81. The van der Waals surface area contributed by atoms with Gasteiger partial charge in [-0.2, -0.15) is 0 Å². The molecule has 0 aliphatic rings. The Morgan fingerprint density at radius 2 is 1.65 bits per heavy atom. The standard InChI is InChI=1S/C12H9F3N2O2S/c13-7-1-4-12(11(16)5-7)20(18,19)17-8-2-3-9(14)10(15)6-8/h1-6,17H,16H2. The number of halogens is 3. The van der Waals surface area contributed by atoms with Gasteiger partial charge in [0.15, 0.2) is 11.6 Å². The van der Waals surface area contributed by atoms with Crippen molar-refractivity contribution in [3.05, 3.63) is 53.8 Å². The van der Waals surface area contributed by atoms with Crippen molar-refractivity contribution in [2.24, 2.45) is 0 Å². The molecule has 0 spiro atoms. The van der Waals surface area contributed by atoms with Crippen LogP contribution < -0.4 is 10.5 Å². The van der Waals surface area contributed by atoms with E-state index in [1.807, 2.05) is 4.72 Å². The van der Waals surface area contributed by atoms with Crippen LogP contribution in [0.25, 0.3) is 0 Å². The lowest BCUT2D eigenvalue weighted by Crippen LogP contribution is -2.15. The van der Waals surface area contributed by atoms with E-state index in [-0.39, 0.29) is 16.3 Å². The highest BCUT2D eigenvalue weighted by atomic mass is 32.2. The maximum atomic E-state index is 13.0. The Morgan fingerprint density at radius 1 is 0.950 bits per heavy atom. The van der Waals surface area contributed by atoms with E-state index < -0.39 is 27.5 Å². The summed E-state index contributed by atoms with van der Waals surface area (Å²) in [7, 11) is -4.12. The van der Waals surface area contributed by atoms with Gasteiger partial charge in [-0.15, -0.1) is 0 Å². The van der Waals surface area contributed by atoms with Crippen molar-refractivity contribution in [3.63, 3.8) is 0 Å². The van der Waals surface area contributed by atoms with Crippen LogP contribution in [-0.4, -0.2) is 8.42 Å². The Hall–Kier alpha value is -2.22. The van der Waals surface area contributed by atoms with Gasteiger partial charge in [0.25, 0.3) is 10.0 Å². The van der Waals surface area contributed by atoms with E-state index in [1.54, 1.807) is 0 Å². The van der Waals surface area contributed by atoms with Crippen molar-refractivity contribution in [2.75, 3.05) is 10.5 Å². The van der Waals surface area contributed by atoms with E-state index in [2.05, 4.69) is 0 Å². The van der Waals surface area contributed by atoms with Gasteiger partial charge in [0.2, 0.25) is 0 Å². The molecular weight excluding hydrogens is 293 g/mol. The molecule has 2 rings (SSSR count). The number of nitrogen functional groups attached to an aromatic ring is 1. The molecule has 106 valence electrons. The van der Waals surface area contributed by atoms with Crippen LogP contribution in [0, 0.1) is 17.5 Å². The Balaban J connectivity index is 2.38. The zero-order chi connectivity index (χ0) is 14.9. The van der Waals surface area contributed by atoms with Crippen LogP contribution in [0.15, 0.2) is 41.3 Å². The summed E-state index contributed by atoms with van der Waals surface area (Å²) in [5, 5.41) is 0. The molecule has 0 aromatic heterocycles. The van der Waals surface area contributed by atoms with Gasteiger partial charge in [-0.1, -0.05) is 0 Å². The number of anilines is 2. The molecule has 4 nitrogen and oxygen atoms in total. The Kier molecular flexibility index (Phi) is 3.58. The predicted molar refractivity (Wildman–Crippen MR) is 68.0 cm³/mol. The van der Waals surface area contributed by atoms with Crippen molar-refractivity contribution in [1.82, 2.24) is 0 Å². The zero-order valence-electron chi connectivity index (χ0n) is 9.90. The SMILES string of the molecule is Nc1cc(F)ccc1S(=O)(=O)Nc1ccc(F)c(F)c1. The van der Waals surface area contributed by atoms with E-state index in [4.69, 9.17) is 5.73 Å². The number of hydrogen-bond donors (Lipinski definition) is 2. The number of hydrogen-bond acceptors (Lipinski definition) is 3. The number of rotatable bonds is 3. The highest BCUT2D eigenvalue weighted by Gasteiger charge is 2.18. The van der Waals surface area contributed by atoms with Gasteiger partial charge in [-0.05, 0) is 30.3 Å². The van der Waals surface area contributed by atoms with Crippen LogP contribution in [0.2, 0.25) is 0 Å². The number of sulfonamides is 1. The molecule has 8 heteroatoms. The fraction of sp³-hybridized carbons (Fsp3) is 0. The molecule has 0 saturated carbocycles. The summed E-state index contributed by atoms with van der Waals surface area (Å²) in [6, 6.07) is 5.27. The highest BCUT2D eigenvalue weighted by molar-refractivity contribution is 7.92. The quantitative estimate of drug-likeness (QED) is 0.856. The lowest BCUT2D eigenvalue weighted by atomic mass is 10.3. The molecule has 0 fully saturated rings. The molecule has 0 amide bonds. The molecular formula is C12H9F3N2O2S. The minimum atomic E-state index is -4.12. The smallest absolute Gasteiger partial charge is 0.263 e. The van der Waals surface area contributed by atoms with E-state index in [0.29, 0.717) is 6.07 Å². The van der Waals surface area contributed by atoms with Crippen molar-refractivity contribution in [2.45, 2.75) is 4.90 Å². The van der Waals surface area contributed by atoms with Crippen LogP contribution >= 0.6 is 0 Å². The van der Waals surface area contributed by atoms with Crippen LogP contribution in [0.3, 0.4) is 0 Å². The van der Waals surface area contributed by atoms with Gasteiger partial charge in [0.05, 0.1) is 11.4 Å². The summed E-state index contributed by atoms with van der Waals surface area (Å²) in [5.41, 5.74) is 4.96. The van der Waals surface area contributed by atoms with E-state index in [9.17, 15) is 21.6 Å². The largest absolute Gasteiger partial charge is 0.398 e. The lowest BCUT2D eigenvalue weighted by Gasteiger charge is -2.10. The topological polar surface area (TPSA) is 72.2 Å². The van der Waals surface area contributed by atoms with Crippen LogP contribution in [0.4, 0.5) is 24.5 Å². The van der Waals surface area contributed by atoms with Gasteiger partial charge in [-0.3, -0.25) is 4.72 Å². The third kappa shape index (κ3) is 2.85. The third-order valence-electron chi connectivity index (χ3n) is 2.43. The number of nitrogens with two attached hydrogens (primary N) is 1. The molecule has 0 bridgehead atoms. The normalized spacial score (nSPS) is 11.3. The first kappa shape index (κ1) is 14.2. The average Bonchev–Trinajstić information content (AvgIpc) is 2.33. The molecule has 3 N–H and O–H groups in total. The van der Waals surface area contributed by atoms with Crippen LogP contribution in [0.5, 0.6) is 0 Å². The Morgan fingerprint density at radius 3 is 2.25 bits per heavy atom. The second kappa shape index (κ2) is 5.04. The summed E-state index contributed by atoms with van der Waals surface area (Å²) < 4.78 is 64.7. The summed E-state index contributed by atoms with van der Waals surface area (Å²) >= 11 is 0. The third-order valence-corrected chi connectivity index (χ3v) is 3.89. The minimum Gasteiger partial charge on any atom is -0.398 e. The molecule has 0 saturated heterocycles. The second-order valence-electron chi connectivity index (χ2n) is 3.92. The van der Waals surface area contributed by atoms with Gasteiger partial charge in [-0.25, -0.2) is 21.6 Å². The summed E-state index contributed by atoms with van der Waals surface area (Å²) in [6.45, 7) is 0. The van der Waals surface area contributed by atoms with Gasteiger partial charge in [0.1, 0.15) is 10.7 Å². The minimum absolute atomic E-state index is 0.173. The first-order chi connectivity index (χ1) is 9.29. The zero-order valence-corrected chi connectivity index (χ0v) is 10.7. The fourth-order valence-corrected chi connectivity index (χ4v) is 2.70. The monoisotopic (exact) mass is 302 g/mol. The molecule has 0 unspecified atom stereocenters. The summed E-state index contributed by atoms with van der Waals surface area (Å²) in [4.78, 5) is -0.358. The molecule has 20 heavy (non-hydrogen) atoms. The van der Waals surface area contributed by atoms with Gasteiger partial charge < -0.3 is 5.73 Å². The molecule has 2 aromatic rings. The van der Waals surface area contributed by atoms with E-state index >= 15 is 0 Å². The molecule has 0 aliphatic heterocycles. The second-order valence-corrected chi connectivity index (χ2v) is 5.57. The molecule has 0 radical (unpaired) electrons. The van der Waals surface area contributed by atoms with Gasteiger partial charge in [0, 0.05) is 6.07 Å². The Bertz CT molecular complexity index is 763. The Labute approximate surface area is 113 Å². The number of nitrogens with one attached hydrogen (secondary N) is 1. The summed E-state index contributed by atoms with van der Waals surface area (Å²) in [5.74, 6) is -2.99. The van der Waals surface area contributed by atoms with E-state index in [1.165, 1.54) is 0 Å². The maximum Gasteiger partial charge on any atom is 0.263 e. The fourth-order valence-electron chi connectivity index (χ4n) is 1.53.